The number of aryl methyl sites for hydroxylation is 2. The van der Waals surface area contributed by atoms with Crippen LogP contribution >= 0.6 is 0 Å². The van der Waals surface area contributed by atoms with E-state index in [-0.39, 0.29) is 17.8 Å². The van der Waals surface area contributed by atoms with E-state index in [1.807, 2.05) is 24.9 Å². The van der Waals surface area contributed by atoms with Crippen LogP contribution in [0.25, 0.3) is 10.9 Å². The molecule has 1 atom stereocenters. The smallest absolute Gasteiger partial charge is 0.257 e. The molecule has 0 saturated carbocycles. The van der Waals surface area contributed by atoms with Gasteiger partial charge in [0, 0.05) is 50.0 Å². The molecule has 6 nitrogen and oxygen atoms in total. The highest BCUT2D eigenvalue weighted by Crippen LogP contribution is 2.32. The van der Waals surface area contributed by atoms with E-state index in [0.717, 1.165) is 86.3 Å². The molecule has 2 aromatic heterocycles. The Bertz CT molecular complexity index is 1170. The van der Waals surface area contributed by atoms with E-state index in [4.69, 9.17) is 4.98 Å². The van der Waals surface area contributed by atoms with Crippen molar-refractivity contribution >= 4 is 16.8 Å². The molecule has 1 unspecified atom stereocenters. The number of piperidine rings is 2. The van der Waals surface area contributed by atoms with Crippen LogP contribution in [0.4, 0.5) is 4.39 Å². The van der Waals surface area contributed by atoms with Crippen LogP contribution in [0, 0.1) is 12.7 Å². The van der Waals surface area contributed by atoms with E-state index in [2.05, 4.69) is 20.6 Å². The number of amides is 1. The number of carbonyl (C=O) groups excluding carboxylic acids is 1. The van der Waals surface area contributed by atoms with Gasteiger partial charge in [-0.1, -0.05) is 6.42 Å². The number of hydrogen-bond acceptors (Lipinski definition) is 4. The van der Waals surface area contributed by atoms with Crippen molar-refractivity contribution in [1.29, 1.82) is 0 Å². The number of likely N-dealkylation sites (tertiary alicyclic amines) is 2. The second kappa shape index (κ2) is 9.21. The molecule has 1 aromatic carbocycles. The molecule has 33 heavy (non-hydrogen) atoms. The summed E-state index contributed by atoms with van der Waals surface area (Å²) in [5.74, 6) is 0.629. The number of fused-ring (bicyclic) bond motifs is 1. The largest absolute Gasteiger partial charge is 0.350 e. The van der Waals surface area contributed by atoms with Gasteiger partial charge in [0.2, 0.25) is 0 Å². The van der Waals surface area contributed by atoms with Crippen molar-refractivity contribution < 1.29 is 9.18 Å². The fraction of sp³-hybridized carbons (Fsp3) is 0.500. The number of carbonyl (C=O) groups is 1. The molecule has 0 N–H and O–H groups in total. The summed E-state index contributed by atoms with van der Waals surface area (Å²) in [6.07, 6.45) is 10.4. The van der Waals surface area contributed by atoms with Gasteiger partial charge >= 0.3 is 0 Å². The standard InChI is InChI=1S/C26H32FN5O/c1-18-22(26(33)31-11-5-3-6-12-31)15-28-25(29-18)24-8-4-7-13-32(24)17-19-16-30(2)23-10-9-20(27)14-21(19)23/h9-10,14-16,24H,3-8,11-13,17H2,1-2H3. The van der Waals surface area contributed by atoms with Crippen molar-refractivity contribution in [2.75, 3.05) is 19.6 Å². The lowest BCUT2D eigenvalue weighted by molar-refractivity contribution is 0.0722. The van der Waals surface area contributed by atoms with Gasteiger partial charge in [-0.25, -0.2) is 14.4 Å². The predicted molar refractivity (Wildman–Crippen MR) is 126 cm³/mol. The maximum absolute atomic E-state index is 14.0. The molecule has 0 radical (unpaired) electrons. The lowest BCUT2D eigenvalue weighted by atomic mass is 10.00. The molecule has 0 spiro atoms. The fourth-order valence-electron chi connectivity index (χ4n) is 5.39. The zero-order chi connectivity index (χ0) is 22.9. The summed E-state index contributed by atoms with van der Waals surface area (Å²) in [6.45, 7) is 5.24. The average molecular weight is 450 g/mol. The molecule has 3 aromatic rings. The Morgan fingerprint density at radius 1 is 1.12 bits per heavy atom. The zero-order valence-corrected chi connectivity index (χ0v) is 19.6. The third-order valence-corrected chi connectivity index (χ3v) is 7.19. The minimum atomic E-state index is -0.210. The fourth-order valence-corrected chi connectivity index (χ4v) is 5.39. The van der Waals surface area contributed by atoms with Crippen LogP contribution in [-0.2, 0) is 13.6 Å². The summed E-state index contributed by atoms with van der Waals surface area (Å²) in [5, 5.41) is 0.960. The minimum absolute atomic E-state index is 0.0528. The second-order valence-electron chi connectivity index (χ2n) is 9.49. The summed E-state index contributed by atoms with van der Waals surface area (Å²) >= 11 is 0. The van der Waals surface area contributed by atoms with Gasteiger partial charge in [-0.3, -0.25) is 9.69 Å². The minimum Gasteiger partial charge on any atom is -0.350 e. The zero-order valence-electron chi connectivity index (χ0n) is 19.6. The topological polar surface area (TPSA) is 54.3 Å². The number of rotatable bonds is 4. The van der Waals surface area contributed by atoms with E-state index in [1.165, 1.54) is 12.5 Å². The summed E-state index contributed by atoms with van der Waals surface area (Å²) < 4.78 is 16.0. The molecular weight excluding hydrogens is 417 g/mol. The number of hydrogen-bond donors (Lipinski definition) is 0. The summed E-state index contributed by atoms with van der Waals surface area (Å²) in [5.41, 5.74) is 3.53. The van der Waals surface area contributed by atoms with Gasteiger partial charge in [0.05, 0.1) is 17.3 Å². The van der Waals surface area contributed by atoms with E-state index < -0.39 is 0 Å². The lowest BCUT2D eigenvalue weighted by Gasteiger charge is -2.35. The van der Waals surface area contributed by atoms with E-state index >= 15 is 0 Å². The van der Waals surface area contributed by atoms with Crippen LogP contribution < -0.4 is 0 Å². The van der Waals surface area contributed by atoms with Crippen LogP contribution in [-0.4, -0.2) is 49.9 Å². The molecule has 7 heteroatoms. The third kappa shape index (κ3) is 4.38. The van der Waals surface area contributed by atoms with Gasteiger partial charge in [0.1, 0.15) is 11.6 Å². The van der Waals surface area contributed by atoms with Crippen LogP contribution in [0.15, 0.2) is 30.6 Å². The van der Waals surface area contributed by atoms with Gasteiger partial charge in [-0.2, -0.15) is 0 Å². The monoisotopic (exact) mass is 449 g/mol. The van der Waals surface area contributed by atoms with E-state index in [1.54, 1.807) is 12.3 Å². The summed E-state index contributed by atoms with van der Waals surface area (Å²) in [4.78, 5) is 26.8. The second-order valence-corrected chi connectivity index (χ2v) is 9.49. The SMILES string of the molecule is Cc1nc(C2CCCCN2Cc2cn(C)c3ccc(F)cc23)ncc1C(=O)N1CCCCC1. The highest BCUT2D eigenvalue weighted by molar-refractivity contribution is 5.95. The third-order valence-electron chi connectivity index (χ3n) is 7.19. The van der Waals surface area contributed by atoms with E-state index in [0.29, 0.717) is 5.56 Å². The molecule has 2 aliphatic heterocycles. The highest BCUT2D eigenvalue weighted by Gasteiger charge is 2.29. The average Bonchev–Trinajstić information content (AvgIpc) is 3.13. The van der Waals surface area contributed by atoms with Gasteiger partial charge in [0.25, 0.3) is 5.91 Å². The van der Waals surface area contributed by atoms with Gasteiger partial charge in [-0.05, 0) is 69.3 Å². The first-order chi connectivity index (χ1) is 16.0. The van der Waals surface area contributed by atoms with Crippen molar-refractivity contribution in [2.45, 2.75) is 58.0 Å². The molecule has 174 valence electrons. The Hall–Kier alpha value is -2.80. The molecule has 0 bridgehead atoms. The normalized spacial score (nSPS) is 19.8. The molecule has 2 fully saturated rings. The Kier molecular flexibility index (Phi) is 6.15. The van der Waals surface area contributed by atoms with Crippen molar-refractivity contribution in [3.8, 4) is 0 Å². The number of nitrogens with zero attached hydrogens (tertiary/aromatic N) is 5. The maximum Gasteiger partial charge on any atom is 0.257 e. The molecule has 0 aliphatic carbocycles. The number of benzene rings is 1. The first kappa shape index (κ1) is 22.0. The van der Waals surface area contributed by atoms with Crippen molar-refractivity contribution in [1.82, 2.24) is 24.3 Å². The molecule has 5 rings (SSSR count). The van der Waals surface area contributed by atoms with Crippen molar-refractivity contribution in [3.05, 3.63) is 59.1 Å². The van der Waals surface area contributed by atoms with Crippen LogP contribution in [0.3, 0.4) is 0 Å². The Labute approximate surface area is 194 Å². The quantitative estimate of drug-likeness (QED) is 0.576. The van der Waals surface area contributed by atoms with Gasteiger partial charge < -0.3 is 9.47 Å². The van der Waals surface area contributed by atoms with Crippen molar-refractivity contribution in [2.24, 2.45) is 7.05 Å². The molecule has 2 saturated heterocycles. The van der Waals surface area contributed by atoms with Crippen LogP contribution in [0.2, 0.25) is 0 Å². The molecule has 2 aliphatic rings. The van der Waals surface area contributed by atoms with Gasteiger partial charge in [0.15, 0.2) is 0 Å². The van der Waals surface area contributed by atoms with Crippen LogP contribution in [0.5, 0.6) is 0 Å². The maximum atomic E-state index is 14.0. The Morgan fingerprint density at radius 2 is 1.91 bits per heavy atom. The summed E-state index contributed by atoms with van der Waals surface area (Å²) in [6, 6.07) is 5.08. The van der Waals surface area contributed by atoms with Crippen molar-refractivity contribution in [3.63, 3.8) is 0 Å². The molecule has 4 heterocycles. The summed E-state index contributed by atoms with van der Waals surface area (Å²) in [7, 11) is 2.00. The predicted octanol–water partition coefficient (Wildman–Crippen LogP) is 4.77. The first-order valence-electron chi connectivity index (χ1n) is 12.1. The number of halogens is 1. The van der Waals surface area contributed by atoms with E-state index in [9.17, 15) is 9.18 Å². The Morgan fingerprint density at radius 3 is 2.70 bits per heavy atom. The molecule has 1 amide bonds. The van der Waals surface area contributed by atoms with Crippen LogP contribution in [0.1, 0.15) is 72.0 Å². The number of aromatic nitrogens is 3. The molecular formula is C26H32FN5O. The highest BCUT2D eigenvalue weighted by atomic mass is 19.1. The van der Waals surface area contributed by atoms with Gasteiger partial charge in [-0.15, -0.1) is 0 Å². The Balaban J connectivity index is 1.39. The lowest BCUT2D eigenvalue weighted by Crippen LogP contribution is -2.37. The first-order valence-corrected chi connectivity index (χ1v) is 12.1.